The van der Waals surface area contributed by atoms with Gasteiger partial charge in [0.15, 0.2) is 0 Å². The van der Waals surface area contributed by atoms with Crippen molar-refractivity contribution in [2.75, 3.05) is 6.61 Å². The van der Waals surface area contributed by atoms with Crippen LogP contribution in [0.3, 0.4) is 0 Å². The molecule has 0 bridgehead atoms. The van der Waals surface area contributed by atoms with E-state index in [0.717, 1.165) is 0 Å². The summed E-state index contributed by atoms with van der Waals surface area (Å²) in [5, 5.41) is 24.2. The van der Waals surface area contributed by atoms with Gasteiger partial charge < -0.3 is 15.2 Å². The lowest BCUT2D eigenvalue weighted by molar-refractivity contribution is -0.676. The molecule has 94 valence electrons. The van der Waals surface area contributed by atoms with Crippen molar-refractivity contribution in [3.63, 3.8) is 0 Å². The molecule has 0 aromatic carbocycles. The van der Waals surface area contributed by atoms with E-state index in [2.05, 4.69) is 0 Å². The van der Waals surface area contributed by atoms with Crippen molar-refractivity contribution in [3.05, 3.63) is 33.6 Å². The van der Waals surface area contributed by atoms with Crippen molar-refractivity contribution in [3.8, 4) is 5.88 Å². The number of nitrogens with zero attached hydrogens (tertiary/aromatic N) is 2. The third-order valence-corrected chi connectivity index (χ3v) is 2.75. The Labute approximate surface area is 104 Å². The van der Waals surface area contributed by atoms with Crippen LogP contribution in [0.5, 0.6) is 5.88 Å². The minimum Gasteiger partial charge on any atom is -0.618 e. The van der Waals surface area contributed by atoms with E-state index in [4.69, 9.17) is 4.74 Å². The van der Waals surface area contributed by atoms with Crippen molar-refractivity contribution in [1.82, 2.24) is 0 Å². The normalized spacial score (nSPS) is 13.1. The first-order valence-electron chi connectivity index (χ1n) is 5.55. The molecule has 6 nitrogen and oxygen atoms in total. The molecule has 1 aromatic rings. The van der Waals surface area contributed by atoms with E-state index >= 15 is 0 Å². The van der Waals surface area contributed by atoms with E-state index in [9.17, 15) is 15.2 Å². The molecule has 0 spiro atoms. The van der Waals surface area contributed by atoms with Crippen molar-refractivity contribution in [2.45, 2.75) is 20.3 Å². The molecule has 0 fully saturated rings. The summed E-state index contributed by atoms with van der Waals surface area (Å²) in [6.45, 7) is 3.48. The van der Waals surface area contributed by atoms with E-state index in [0.29, 0.717) is 15.9 Å². The molecule has 0 radical (unpaired) electrons. The number of hydrogen-bond donors (Lipinski definition) is 0. The fourth-order valence-electron chi connectivity index (χ4n) is 1.91. The molecule has 0 N–H and O–H groups in total. The van der Waals surface area contributed by atoms with Gasteiger partial charge in [-0.25, -0.2) is 4.79 Å². The van der Waals surface area contributed by atoms with Crippen LogP contribution in [-0.2, 0) is 4.79 Å². The topological polar surface area (TPSA) is 80.2 Å². The number of hydrogen-bond acceptors (Lipinski definition) is 4. The van der Waals surface area contributed by atoms with Crippen LogP contribution in [0.2, 0.25) is 0 Å². The Morgan fingerprint density at radius 2 is 2.17 bits per heavy atom. The van der Waals surface area contributed by atoms with Crippen molar-refractivity contribution in [2.24, 2.45) is 0 Å². The molecule has 2 rings (SSSR count). The maximum atomic E-state index is 12.1. The number of rotatable bonds is 2. The minimum absolute atomic E-state index is 0.0388. The standard InChI is InChI=1S/C12H12N2O4/c1-3-18-12-8(2)13(16)11-9(7-15)5-4-6-10(11)14(12)17/h4,6H,3,5H2,1-2H3. The lowest BCUT2D eigenvalue weighted by atomic mass is 10.0. The number of carbonyl (C=O) groups excluding carboxylic acids is 1. The van der Waals surface area contributed by atoms with E-state index in [1.165, 1.54) is 13.0 Å². The minimum atomic E-state index is -0.0388. The maximum absolute atomic E-state index is 12.1. The molecule has 1 heterocycles. The molecule has 0 aliphatic heterocycles. The van der Waals surface area contributed by atoms with Gasteiger partial charge in [0.05, 0.1) is 6.61 Å². The fraction of sp³-hybridized carbons (Fsp3) is 0.333. The summed E-state index contributed by atoms with van der Waals surface area (Å²) in [4.78, 5) is 10.8. The number of ether oxygens (including phenoxy) is 1. The van der Waals surface area contributed by atoms with Gasteiger partial charge in [-0.05, 0) is 6.92 Å². The Morgan fingerprint density at radius 3 is 2.78 bits per heavy atom. The van der Waals surface area contributed by atoms with Crippen molar-refractivity contribution < 1.29 is 19.0 Å². The average Bonchev–Trinajstić information content (AvgIpc) is 2.40. The number of allylic oxidation sites excluding steroid dienone is 2. The first-order valence-corrected chi connectivity index (χ1v) is 5.55. The zero-order chi connectivity index (χ0) is 13.3. The Balaban J connectivity index is 2.80. The van der Waals surface area contributed by atoms with Gasteiger partial charge in [-0.2, -0.15) is 4.73 Å². The summed E-state index contributed by atoms with van der Waals surface area (Å²) in [5.41, 5.74) is 0.485. The van der Waals surface area contributed by atoms with Crippen molar-refractivity contribution in [1.29, 1.82) is 0 Å². The average molecular weight is 248 g/mol. The summed E-state index contributed by atoms with van der Waals surface area (Å²) in [6.07, 6.45) is 3.45. The summed E-state index contributed by atoms with van der Waals surface area (Å²) < 4.78 is 6.26. The Morgan fingerprint density at radius 1 is 1.44 bits per heavy atom. The number of fused-ring (bicyclic) bond motifs is 1. The molecular formula is C12H12N2O4. The highest BCUT2D eigenvalue weighted by atomic mass is 16.6. The van der Waals surface area contributed by atoms with E-state index < -0.39 is 0 Å². The van der Waals surface area contributed by atoms with Crippen LogP contribution in [0.1, 0.15) is 30.4 Å². The summed E-state index contributed by atoms with van der Waals surface area (Å²) in [7, 11) is 0. The first-order chi connectivity index (χ1) is 8.61. The Kier molecular flexibility index (Phi) is 3.04. The molecule has 6 heteroatoms. The van der Waals surface area contributed by atoms with Gasteiger partial charge in [0.2, 0.25) is 0 Å². The molecule has 1 aliphatic rings. The second-order valence-corrected chi connectivity index (χ2v) is 3.83. The Hall–Kier alpha value is -2.33. The van der Waals surface area contributed by atoms with Gasteiger partial charge in [-0.15, -0.1) is 4.73 Å². The van der Waals surface area contributed by atoms with Crippen LogP contribution >= 0.6 is 0 Å². The molecule has 1 aromatic heterocycles. The molecule has 0 atom stereocenters. The first kappa shape index (κ1) is 12.1. The van der Waals surface area contributed by atoms with Gasteiger partial charge in [-0.1, -0.05) is 6.08 Å². The SMILES string of the molecule is CCOc1c(C)[n+]([O-])c2c([n+]1[O-])C=CCC2=C=O. The summed E-state index contributed by atoms with van der Waals surface area (Å²) >= 11 is 0. The maximum Gasteiger partial charge on any atom is 0.450 e. The van der Waals surface area contributed by atoms with Gasteiger partial charge in [0.1, 0.15) is 11.5 Å². The van der Waals surface area contributed by atoms with Crippen LogP contribution in [-0.4, -0.2) is 12.5 Å². The highest BCUT2D eigenvalue weighted by Gasteiger charge is 2.34. The van der Waals surface area contributed by atoms with E-state index in [1.54, 1.807) is 18.9 Å². The van der Waals surface area contributed by atoms with Crippen LogP contribution in [0.25, 0.3) is 11.6 Å². The summed E-state index contributed by atoms with van der Waals surface area (Å²) in [5.74, 6) is 1.67. The predicted octanol–water partition coefficient (Wildman–Crippen LogP) is 0.292. The smallest absolute Gasteiger partial charge is 0.450 e. The lowest BCUT2D eigenvalue weighted by Crippen LogP contribution is -2.47. The van der Waals surface area contributed by atoms with Crippen LogP contribution in [0, 0.1) is 17.3 Å². The third-order valence-electron chi connectivity index (χ3n) is 2.75. The fourth-order valence-corrected chi connectivity index (χ4v) is 1.91. The number of aromatic nitrogens is 2. The predicted molar refractivity (Wildman–Crippen MR) is 63.0 cm³/mol. The largest absolute Gasteiger partial charge is 0.618 e. The zero-order valence-electron chi connectivity index (χ0n) is 10.1. The second kappa shape index (κ2) is 4.50. The summed E-state index contributed by atoms with van der Waals surface area (Å²) in [6, 6.07) is 0. The van der Waals surface area contributed by atoms with Crippen molar-refractivity contribution >= 4 is 17.6 Å². The molecule has 0 saturated carbocycles. The second-order valence-electron chi connectivity index (χ2n) is 3.83. The molecule has 18 heavy (non-hydrogen) atoms. The molecular weight excluding hydrogens is 236 g/mol. The highest BCUT2D eigenvalue weighted by Crippen LogP contribution is 2.24. The van der Waals surface area contributed by atoms with Crippen LogP contribution < -0.4 is 14.2 Å². The molecule has 0 saturated heterocycles. The third kappa shape index (κ3) is 1.63. The zero-order valence-corrected chi connectivity index (χ0v) is 10.1. The van der Waals surface area contributed by atoms with Gasteiger partial charge >= 0.3 is 17.3 Å². The van der Waals surface area contributed by atoms with E-state index in [1.807, 2.05) is 0 Å². The van der Waals surface area contributed by atoms with Gasteiger partial charge in [0, 0.05) is 19.4 Å². The monoisotopic (exact) mass is 248 g/mol. The van der Waals surface area contributed by atoms with Gasteiger partial charge in [-0.3, -0.25) is 0 Å². The highest BCUT2D eigenvalue weighted by molar-refractivity contribution is 5.89. The lowest BCUT2D eigenvalue weighted by Gasteiger charge is -2.15. The molecule has 0 unspecified atom stereocenters. The van der Waals surface area contributed by atoms with Gasteiger partial charge in [0.25, 0.3) is 5.69 Å². The van der Waals surface area contributed by atoms with Crippen LogP contribution in [0.15, 0.2) is 6.08 Å². The molecule has 1 aliphatic carbocycles. The Bertz CT molecular complexity index is 586. The quantitative estimate of drug-likeness (QED) is 0.428. The van der Waals surface area contributed by atoms with Crippen LogP contribution in [0.4, 0.5) is 0 Å². The van der Waals surface area contributed by atoms with E-state index in [-0.39, 0.29) is 35.1 Å². The molecule has 0 amide bonds.